The van der Waals surface area contributed by atoms with Crippen LogP contribution in [0, 0.1) is 26.6 Å². The predicted molar refractivity (Wildman–Crippen MR) is 75.7 cm³/mol. The molecule has 0 amide bonds. The van der Waals surface area contributed by atoms with Crippen LogP contribution in [-0.4, -0.2) is 5.11 Å². The Hall–Kier alpha value is -1.67. The van der Waals surface area contributed by atoms with Crippen molar-refractivity contribution in [2.45, 2.75) is 33.3 Å². The lowest BCUT2D eigenvalue weighted by atomic mass is 9.97. The molecule has 0 heterocycles. The zero-order valence-corrected chi connectivity index (χ0v) is 11.6. The van der Waals surface area contributed by atoms with Crippen LogP contribution < -0.4 is 0 Å². The summed E-state index contributed by atoms with van der Waals surface area (Å²) in [5.41, 5.74) is 4.89. The number of rotatable bonds is 3. The molecule has 0 fully saturated rings. The largest absolute Gasteiger partial charge is 0.388 e. The van der Waals surface area contributed by atoms with Gasteiger partial charge in [-0.2, -0.15) is 0 Å². The van der Waals surface area contributed by atoms with E-state index in [0.717, 1.165) is 11.1 Å². The summed E-state index contributed by atoms with van der Waals surface area (Å²) >= 11 is 0. The van der Waals surface area contributed by atoms with Crippen molar-refractivity contribution >= 4 is 0 Å². The summed E-state index contributed by atoms with van der Waals surface area (Å²) in [5.74, 6) is -0.234. The average Bonchev–Trinajstić information content (AvgIpc) is 2.37. The van der Waals surface area contributed by atoms with Crippen molar-refractivity contribution in [3.05, 3.63) is 70.0 Å². The summed E-state index contributed by atoms with van der Waals surface area (Å²) in [6.07, 6.45) is -0.0481. The summed E-state index contributed by atoms with van der Waals surface area (Å²) in [4.78, 5) is 0. The minimum atomic E-state index is -0.596. The molecule has 2 rings (SSSR count). The van der Waals surface area contributed by atoms with E-state index in [0.29, 0.717) is 12.0 Å². The molecule has 0 saturated heterocycles. The zero-order chi connectivity index (χ0) is 14.0. The standard InChI is InChI=1S/C17H19FO/c1-11-4-5-14(8-12(11)2)10-17(19)15-6-7-16(18)13(3)9-15/h4-9,17,19H,10H2,1-3H3. The van der Waals surface area contributed by atoms with Gasteiger partial charge in [-0.15, -0.1) is 0 Å². The van der Waals surface area contributed by atoms with Crippen molar-refractivity contribution in [2.24, 2.45) is 0 Å². The summed E-state index contributed by atoms with van der Waals surface area (Å²) in [7, 11) is 0. The second kappa shape index (κ2) is 5.54. The van der Waals surface area contributed by atoms with Gasteiger partial charge in [0.15, 0.2) is 0 Å². The molecule has 0 spiro atoms. The summed E-state index contributed by atoms with van der Waals surface area (Å²) in [6, 6.07) is 11.0. The van der Waals surface area contributed by atoms with Gasteiger partial charge in [0, 0.05) is 6.42 Å². The van der Waals surface area contributed by atoms with Crippen LogP contribution in [0.5, 0.6) is 0 Å². The number of hydrogen-bond donors (Lipinski definition) is 1. The number of aliphatic hydroxyl groups excluding tert-OH is 1. The topological polar surface area (TPSA) is 20.2 Å². The maximum Gasteiger partial charge on any atom is 0.126 e. The van der Waals surface area contributed by atoms with E-state index < -0.39 is 6.10 Å². The zero-order valence-electron chi connectivity index (χ0n) is 11.6. The fraction of sp³-hybridized carbons (Fsp3) is 0.294. The maximum absolute atomic E-state index is 13.2. The van der Waals surface area contributed by atoms with E-state index in [1.54, 1.807) is 19.1 Å². The fourth-order valence-corrected chi connectivity index (χ4v) is 2.15. The molecule has 2 aromatic rings. The molecule has 0 bridgehead atoms. The fourth-order valence-electron chi connectivity index (χ4n) is 2.15. The maximum atomic E-state index is 13.2. The van der Waals surface area contributed by atoms with Crippen molar-refractivity contribution in [1.82, 2.24) is 0 Å². The lowest BCUT2D eigenvalue weighted by Crippen LogP contribution is -2.03. The Morgan fingerprint density at radius 3 is 2.32 bits per heavy atom. The van der Waals surface area contributed by atoms with E-state index in [1.165, 1.54) is 17.2 Å². The predicted octanol–water partition coefficient (Wildman–Crippen LogP) is 4.03. The molecule has 0 aromatic heterocycles. The van der Waals surface area contributed by atoms with Crippen LogP contribution in [0.25, 0.3) is 0 Å². The highest BCUT2D eigenvalue weighted by molar-refractivity contribution is 5.32. The van der Waals surface area contributed by atoms with Gasteiger partial charge < -0.3 is 5.11 Å². The van der Waals surface area contributed by atoms with Gasteiger partial charge in [-0.3, -0.25) is 0 Å². The first-order valence-electron chi connectivity index (χ1n) is 6.47. The first kappa shape index (κ1) is 13.8. The Kier molecular flexibility index (Phi) is 4.01. The monoisotopic (exact) mass is 258 g/mol. The van der Waals surface area contributed by atoms with Gasteiger partial charge >= 0.3 is 0 Å². The molecule has 1 N–H and O–H groups in total. The highest BCUT2D eigenvalue weighted by Crippen LogP contribution is 2.21. The van der Waals surface area contributed by atoms with Gasteiger partial charge in [-0.05, 0) is 54.7 Å². The molecule has 19 heavy (non-hydrogen) atoms. The highest BCUT2D eigenvalue weighted by atomic mass is 19.1. The van der Waals surface area contributed by atoms with Gasteiger partial charge in [0.25, 0.3) is 0 Å². The Bertz CT molecular complexity index is 590. The summed E-state index contributed by atoms with van der Waals surface area (Å²) in [6.45, 7) is 5.84. The molecule has 1 nitrogen and oxygen atoms in total. The average molecular weight is 258 g/mol. The molecular weight excluding hydrogens is 239 g/mol. The van der Waals surface area contributed by atoms with Gasteiger partial charge in [0.05, 0.1) is 6.10 Å². The quantitative estimate of drug-likeness (QED) is 0.881. The third-order valence-electron chi connectivity index (χ3n) is 3.57. The van der Waals surface area contributed by atoms with Gasteiger partial charge in [-0.25, -0.2) is 4.39 Å². The summed E-state index contributed by atoms with van der Waals surface area (Å²) < 4.78 is 13.2. The number of benzene rings is 2. The minimum absolute atomic E-state index is 0.234. The number of aryl methyl sites for hydroxylation is 3. The number of halogens is 1. The van der Waals surface area contributed by atoms with E-state index in [-0.39, 0.29) is 5.82 Å². The van der Waals surface area contributed by atoms with Crippen molar-refractivity contribution in [3.63, 3.8) is 0 Å². The minimum Gasteiger partial charge on any atom is -0.388 e. The Balaban J connectivity index is 2.17. The van der Waals surface area contributed by atoms with E-state index in [2.05, 4.69) is 26.0 Å². The van der Waals surface area contributed by atoms with Crippen LogP contribution in [0.15, 0.2) is 36.4 Å². The highest BCUT2D eigenvalue weighted by Gasteiger charge is 2.10. The molecular formula is C17H19FO. The molecule has 0 saturated carbocycles. The molecule has 0 aliphatic carbocycles. The second-order valence-corrected chi connectivity index (χ2v) is 5.15. The smallest absolute Gasteiger partial charge is 0.126 e. The van der Waals surface area contributed by atoms with E-state index in [1.807, 2.05) is 6.07 Å². The van der Waals surface area contributed by atoms with Crippen LogP contribution in [0.3, 0.4) is 0 Å². The molecule has 100 valence electrons. The summed E-state index contributed by atoms with van der Waals surface area (Å²) in [5, 5.41) is 10.2. The number of hydrogen-bond acceptors (Lipinski definition) is 1. The van der Waals surface area contributed by atoms with Crippen molar-refractivity contribution in [1.29, 1.82) is 0 Å². The molecule has 2 heteroatoms. The van der Waals surface area contributed by atoms with E-state index in [4.69, 9.17) is 0 Å². The molecule has 0 radical (unpaired) electrons. The van der Waals surface area contributed by atoms with Crippen LogP contribution in [0.1, 0.15) is 33.9 Å². The molecule has 2 aromatic carbocycles. The Morgan fingerprint density at radius 2 is 1.68 bits per heavy atom. The molecule has 0 aliphatic heterocycles. The number of aliphatic hydroxyl groups is 1. The van der Waals surface area contributed by atoms with Crippen LogP contribution in [-0.2, 0) is 6.42 Å². The molecule has 0 aliphatic rings. The first-order chi connectivity index (χ1) is 8.97. The van der Waals surface area contributed by atoms with Gasteiger partial charge in [0.1, 0.15) is 5.82 Å². The van der Waals surface area contributed by atoms with E-state index >= 15 is 0 Å². The second-order valence-electron chi connectivity index (χ2n) is 5.15. The first-order valence-corrected chi connectivity index (χ1v) is 6.47. The normalized spacial score (nSPS) is 12.5. The molecule has 1 atom stereocenters. The van der Waals surface area contributed by atoms with Gasteiger partial charge in [-0.1, -0.05) is 30.3 Å². The van der Waals surface area contributed by atoms with Crippen molar-refractivity contribution in [3.8, 4) is 0 Å². The lowest BCUT2D eigenvalue weighted by Gasteiger charge is -2.13. The molecule has 1 unspecified atom stereocenters. The van der Waals surface area contributed by atoms with Crippen LogP contribution >= 0.6 is 0 Å². The van der Waals surface area contributed by atoms with Gasteiger partial charge in [0.2, 0.25) is 0 Å². The lowest BCUT2D eigenvalue weighted by molar-refractivity contribution is 0.178. The van der Waals surface area contributed by atoms with Crippen LogP contribution in [0.2, 0.25) is 0 Å². The Labute approximate surface area is 113 Å². The third kappa shape index (κ3) is 3.21. The third-order valence-corrected chi connectivity index (χ3v) is 3.57. The van der Waals surface area contributed by atoms with Crippen molar-refractivity contribution in [2.75, 3.05) is 0 Å². The van der Waals surface area contributed by atoms with Crippen LogP contribution in [0.4, 0.5) is 4.39 Å². The Morgan fingerprint density at radius 1 is 0.947 bits per heavy atom. The van der Waals surface area contributed by atoms with Crippen molar-refractivity contribution < 1.29 is 9.50 Å². The van der Waals surface area contributed by atoms with E-state index in [9.17, 15) is 9.50 Å². The SMILES string of the molecule is Cc1ccc(CC(O)c2ccc(F)c(C)c2)cc1C.